The first-order valence-corrected chi connectivity index (χ1v) is 11.0. The molecule has 0 aliphatic carbocycles. The number of nitrogens with two attached hydrogens (primary N) is 1. The van der Waals surface area contributed by atoms with Crippen LogP contribution in [0.5, 0.6) is 0 Å². The first-order chi connectivity index (χ1) is 15.2. The number of nitrogens with zero attached hydrogens (tertiary/aromatic N) is 1. The highest BCUT2D eigenvalue weighted by atomic mass is 32.1. The van der Waals surface area contributed by atoms with Gasteiger partial charge in [-0.15, -0.1) is 11.3 Å². The molecule has 1 amide bonds. The monoisotopic (exact) mass is 428 g/mol. The molecule has 6 heteroatoms. The van der Waals surface area contributed by atoms with Gasteiger partial charge >= 0.3 is 0 Å². The number of benzene rings is 3. The van der Waals surface area contributed by atoms with Crippen LogP contribution in [0.1, 0.15) is 11.3 Å². The van der Waals surface area contributed by atoms with E-state index in [1.165, 1.54) is 0 Å². The van der Waals surface area contributed by atoms with Crippen LogP contribution in [0, 0.1) is 0 Å². The molecule has 0 saturated carbocycles. The Morgan fingerprint density at radius 3 is 2.48 bits per heavy atom. The van der Waals surface area contributed by atoms with E-state index >= 15 is 0 Å². The SMILES string of the molecule is Nc1cccc(-c2cccc(NC(=O)C(Cc3ccccc3)NCc3cscn3)c2)c1. The predicted molar refractivity (Wildman–Crippen MR) is 128 cm³/mol. The minimum atomic E-state index is -0.389. The molecule has 3 aromatic carbocycles. The van der Waals surface area contributed by atoms with Gasteiger partial charge in [0.05, 0.1) is 17.2 Å². The third kappa shape index (κ3) is 5.78. The van der Waals surface area contributed by atoms with E-state index < -0.39 is 0 Å². The first-order valence-electron chi connectivity index (χ1n) is 10.1. The van der Waals surface area contributed by atoms with Crippen LogP contribution >= 0.6 is 11.3 Å². The molecule has 4 rings (SSSR count). The predicted octanol–water partition coefficient (Wildman–Crippen LogP) is 4.73. The number of nitrogen functional groups attached to an aromatic ring is 1. The summed E-state index contributed by atoms with van der Waals surface area (Å²) in [5, 5.41) is 8.41. The lowest BCUT2D eigenvalue weighted by Crippen LogP contribution is -2.41. The summed E-state index contributed by atoms with van der Waals surface area (Å²) >= 11 is 1.55. The summed E-state index contributed by atoms with van der Waals surface area (Å²) in [5.41, 5.74) is 13.2. The molecule has 0 aliphatic heterocycles. The zero-order chi connectivity index (χ0) is 21.5. The van der Waals surface area contributed by atoms with Crippen molar-refractivity contribution in [1.29, 1.82) is 0 Å². The maximum Gasteiger partial charge on any atom is 0.241 e. The van der Waals surface area contributed by atoms with Crippen molar-refractivity contribution in [2.45, 2.75) is 19.0 Å². The summed E-state index contributed by atoms with van der Waals surface area (Å²) in [4.78, 5) is 17.5. The quantitative estimate of drug-likeness (QED) is 0.354. The molecule has 1 unspecified atom stereocenters. The zero-order valence-corrected chi connectivity index (χ0v) is 17.8. The summed E-state index contributed by atoms with van der Waals surface area (Å²) in [7, 11) is 0. The van der Waals surface area contributed by atoms with Crippen molar-refractivity contribution in [3.05, 3.63) is 101 Å². The van der Waals surface area contributed by atoms with Gasteiger partial charge in [0.25, 0.3) is 0 Å². The van der Waals surface area contributed by atoms with Crippen molar-refractivity contribution < 1.29 is 4.79 Å². The van der Waals surface area contributed by atoms with Crippen molar-refractivity contribution >= 4 is 28.6 Å². The van der Waals surface area contributed by atoms with Gasteiger partial charge in [-0.1, -0.05) is 54.6 Å². The minimum absolute atomic E-state index is 0.0798. The molecule has 1 heterocycles. The third-order valence-corrected chi connectivity index (χ3v) is 5.60. The van der Waals surface area contributed by atoms with Gasteiger partial charge in [0.15, 0.2) is 0 Å². The number of thiazole rings is 1. The Hall–Kier alpha value is -3.48. The van der Waals surface area contributed by atoms with Crippen molar-refractivity contribution in [2.75, 3.05) is 11.1 Å². The van der Waals surface area contributed by atoms with Crippen LogP contribution < -0.4 is 16.4 Å². The Morgan fingerprint density at radius 1 is 0.968 bits per heavy atom. The number of carbonyl (C=O) groups is 1. The molecular weight excluding hydrogens is 404 g/mol. The highest BCUT2D eigenvalue weighted by molar-refractivity contribution is 7.07. The van der Waals surface area contributed by atoms with Crippen LogP contribution in [-0.4, -0.2) is 16.9 Å². The zero-order valence-electron chi connectivity index (χ0n) is 17.0. The minimum Gasteiger partial charge on any atom is -0.399 e. The fourth-order valence-electron chi connectivity index (χ4n) is 3.38. The maximum absolute atomic E-state index is 13.2. The molecule has 31 heavy (non-hydrogen) atoms. The molecule has 4 aromatic rings. The number of hydrogen-bond donors (Lipinski definition) is 3. The number of hydrogen-bond acceptors (Lipinski definition) is 5. The van der Waals surface area contributed by atoms with Gasteiger partial charge in [0, 0.05) is 23.3 Å². The molecular formula is C25H24N4OS. The Kier molecular flexibility index (Phi) is 6.72. The van der Waals surface area contributed by atoms with E-state index in [-0.39, 0.29) is 11.9 Å². The fraction of sp³-hybridized carbons (Fsp3) is 0.120. The van der Waals surface area contributed by atoms with Gasteiger partial charge in [0.1, 0.15) is 0 Å². The molecule has 1 atom stereocenters. The lowest BCUT2D eigenvalue weighted by Gasteiger charge is -2.19. The summed E-state index contributed by atoms with van der Waals surface area (Å²) in [6.45, 7) is 0.539. The second-order valence-corrected chi connectivity index (χ2v) is 8.02. The molecule has 4 N–H and O–H groups in total. The second kappa shape index (κ2) is 10.0. The van der Waals surface area contributed by atoms with Crippen molar-refractivity contribution in [2.24, 2.45) is 0 Å². The molecule has 0 bridgehead atoms. The Morgan fingerprint density at radius 2 is 1.74 bits per heavy atom. The van der Waals surface area contributed by atoms with Crippen molar-refractivity contribution in [1.82, 2.24) is 10.3 Å². The van der Waals surface area contributed by atoms with Crippen LogP contribution in [0.15, 0.2) is 89.8 Å². The van der Waals surface area contributed by atoms with Gasteiger partial charge in [-0.2, -0.15) is 0 Å². The van der Waals surface area contributed by atoms with Crippen LogP contribution in [0.3, 0.4) is 0 Å². The lowest BCUT2D eigenvalue weighted by atomic mass is 10.0. The van der Waals surface area contributed by atoms with Crippen molar-refractivity contribution in [3.8, 4) is 11.1 Å². The highest BCUT2D eigenvalue weighted by Crippen LogP contribution is 2.24. The Labute approximate surface area is 186 Å². The number of rotatable bonds is 8. The van der Waals surface area contributed by atoms with E-state index in [1.807, 2.05) is 84.2 Å². The molecule has 0 radical (unpaired) electrons. The summed E-state index contributed by atoms with van der Waals surface area (Å²) in [6.07, 6.45) is 0.589. The smallest absolute Gasteiger partial charge is 0.241 e. The Balaban J connectivity index is 1.50. The molecule has 0 saturated heterocycles. The summed E-state index contributed by atoms with van der Waals surface area (Å²) < 4.78 is 0. The summed E-state index contributed by atoms with van der Waals surface area (Å²) in [6, 6.07) is 25.1. The topological polar surface area (TPSA) is 80.0 Å². The summed E-state index contributed by atoms with van der Waals surface area (Å²) in [5.74, 6) is -0.0798. The average Bonchev–Trinajstić information content (AvgIpc) is 3.31. The third-order valence-electron chi connectivity index (χ3n) is 4.96. The average molecular weight is 429 g/mol. The molecule has 0 spiro atoms. The normalized spacial score (nSPS) is 11.7. The molecule has 156 valence electrons. The van der Waals surface area contributed by atoms with Gasteiger partial charge in [0.2, 0.25) is 5.91 Å². The van der Waals surface area contributed by atoms with Crippen LogP contribution in [0.25, 0.3) is 11.1 Å². The number of aromatic nitrogens is 1. The van der Waals surface area contributed by atoms with E-state index in [0.717, 1.165) is 28.1 Å². The van der Waals surface area contributed by atoms with Crippen LogP contribution in [-0.2, 0) is 17.8 Å². The Bertz CT molecular complexity index is 1130. The van der Waals surface area contributed by atoms with Crippen LogP contribution in [0.4, 0.5) is 11.4 Å². The van der Waals surface area contributed by atoms with E-state index in [9.17, 15) is 4.79 Å². The molecule has 5 nitrogen and oxygen atoms in total. The number of carbonyl (C=O) groups excluding carboxylic acids is 1. The highest BCUT2D eigenvalue weighted by Gasteiger charge is 2.19. The number of anilines is 2. The van der Waals surface area contributed by atoms with E-state index in [0.29, 0.717) is 18.7 Å². The van der Waals surface area contributed by atoms with Gasteiger partial charge in [-0.3, -0.25) is 10.1 Å². The lowest BCUT2D eigenvalue weighted by molar-refractivity contribution is -0.118. The fourth-order valence-corrected chi connectivity index (χ4v) is 3.94. The first kappa shape index (κ1) is 20.8. The van der Waals surface area contributed by atoms with E-state index in [2.05, 4.69) is 15.6 Å². The van der Waals surface area contributed by atoms with Crippen molar-refractivity contribution in [3.63, 3.8) is 0 Å². The standard InChI is InChI=1S/C25H24N4OS/c26-21-10-4-8-19(13-21)20-9-5-11-22(14-20)29-25(30)24(12-18-6-2-1-3-7-18)27-15-23-16-31-17-28-23/h1-11,13-14,16-17,24,27H,12,15,26H2,(H,29,30). The van der Waals surface area contributed by atoms with Gasteiger partial charge in [-0.05, 0) is 47.4 Å². The van der Waals surface area contributed by atoms with Crippen LogP contribution in [0.2, 0.25) is 0 Å². The number of amides is 1. The second-order valence-electron chi connectivity index (χ2n) is 7.30. The number of nitrogens with one attached hydrogen (secondary N) is 2. The maximum atomic E-state index is 13.2. The van der Waals surface area contributed by atoms with E-state index in [1.54, 1.807) is 16.8 Å². The van der Waals surface area contributed by atoms with Gasteiger partial charge < -0.3 is 11.1 Å². The van der Waals surface area contributed by atoms with E-state index in [4.69, 9.17) is 5.73 Å². The molecule has 1 aromatic heterocycles. The van der Waals surface area contributed by atoms with Gasteiger partial charge in [-0.25, -0.2) is 4.98 Å². The largest absolute Gasteiger partial charge is 0.399 e. The molecule has 0 aliphatic rings. The molecule has 0 fully saturated rings.